The highest BCUT2D eigenvalue weighted by Crippen LogP contribution is 2.20. The van der Waals surface area contributed by atoms with Crippen molar-refractivity contribution in [2.75, 3.05) is 26.2 Å². The summed E-state index contributed by atoms with van der Waals surface area (Å²) in [5.74, 6) is 1.63. The van der Waals surface area contributed by atoms with E-state index < -0.39 is 0 Å². The van der Waals surface area contributed by atoms with E-state index >= 15 is 0 Å². The molecule has 0 amide bonds. The number of rotatable bonds is 9. The topological polar surface area (TPSA) is 46.2 Å². The van der Waals surface area contributed by atoms with Gasteiger partial charge in [-0.2, -0.15) is 0 Å². The van der Waals surface area contributed by atoms with Crippen LogP contribution in [0, 0.1) is 12.8 Å². The lowest BCUT2D eigenvalue weighted by Gasteiger charge is -2.27. The molecule has 0 aliphatic carbocycles. The van der Waals surface area contributed by atoms with Crippen LogP contribution in [-0.4, -0.2) is 31.2 Å². The molecule has 1 saturated heterocycles. The number of hydrogen-bond acceptors (Lipinski definition) is 5. The Morgan fingerprint density at radius 1 is 1.36 bits per heavy atom. The molecule has 5 heteroatoms. The van der Waals surface area contributed by atoms with E-state index in [1.165, 1.54) is 5.56 Å². The van der Waals surface area contributed by atoms with Gasteiger partial charge in [-0.15, -0.1) is 11.3 Å². The van der Waals surface area contributed by atoms with E-state index in [0.29, 0.717) is 6.61 Å². The third kappa shape index (κ3) is 5.53. The molecule has 0 atom stereocenters. The molecule has 0 bridgehead atoms. The summed E-state index contributed by atoms with van der Waals surface area (Å²) in [5.41, 5.74) is 3.41. The van der Waals surface area contributed by atoms with E-state index in [-0.39, 0.29) is 0 Å². The first-order chi connectivity index (χ1) is 12.2. The third-order valence-electron chi connectivity index (χ3n) is 4.04. The molecular weight excluding hydrogens is 330 g/mol. The standard InChI is InChI=1S/C20H25N3OS/c1-3-6-24-19-8-16(4-5-20-23-15(2)14-25-20)7-17(9-19)10-21-11-18-12-22-13-18/h3-5,7-9,14,18,21-22H,1,6,10-13H2,2H3/b5-4+. The number of nitrogens with one attached hydrogen (secondary N) is 2. The maximum absolute atomic E-state index is 5.75. The highest BCUT2D eigenvalue weighted by molar-refractivity contribution is 7.10. The Hall–Kier alpha value is -1.95. The minimum absolute atomic E-state index is 0.513. The number of nitrogens with zero attached hydrogens (tertiary/aromatic N) is 1. The molecule has 0 radical (unpaired) electrons. The molecule has 1 aromatic carbocycles. The molecule has 1 aliphatic heterocycles. The second kappa shape index (κ2) is 8.94. The predicted molar refractivity (Wildman–Crippen MR) is 106 cm³/mol. The monoisotopic (exact) mass is 355 g/mol. The summed E-state index contributed by atoms with van der Waals surface area (Å²) in [6, 6.07) is 6.35. The summed E-state index contributed by atoms with van der Waals surface area (Å²) >= 11 is 1.66. The van der Waals surface area contributed by atoms with Gasteiger partial charge in [-0.3, -0.25) is 0 Å². The Balaban J connectivity index is 1.69. The van der Waals surface area contributed by atoms with Gasteiger partial charge in [0.1, 0.15) is 17.4 Å². The van der Waals surface area contributed by atoms with Crippen LogP contribution < -0.4 is 15.4 Å². The maximum Gasteiger partial charge on any atom is 0.120 e. The van der Waals surface area contributed by atoms with Gasteiger partial charge in [0.2, 0.25) is 0 Å². The van der Waals surface area contributed by atoms with E-state index in [1.54, 1.807) is 17.4 Å². The van der Waals surface area contributed by atoms with Gasteiger partial charge < -0.3 is 15.4 Å². The average Bonchev–Trinajstić information content (AvgIpc) is 2.99. The van der Waals surface area contributed by atoms with Gasteiger partial charge >= 0.3 is 0 Å². The van der Waals surface area contributed by atoms with Crippen molar-refractivity contribution in [2.45, 2.75) is 13.5 Å². The Morgan fingerprint density at radius 3 is 2.92 bits per heavy atom. The Morgan fingerprint density at radius 2 is 2.24 bits per heavy atom. The molecule has 0 saturated carbocycles. The molecule has 2 heterocycles. The lowest BCUT2D eigenvalue weighted by atomic mass is 10.0. The zero-order valence-electron chi connectivity index (χ0n) is 14.6. The largest absolute Gasteiger partial charge is 0.490 e. The maximum atomic E-state index is 5.75. The number of hydrogen-bond donors (Lipinski definition) is 2. The molecule has 2 aromatic rings. The molecule has 1 aromatic heterocycles. The predicted octanol–water partition coefficient (Wildman–Crippen LogP) is 3.50. The fraction of sp³-hybridized carbons (Fsp3) is 0.350. The molecule has 0 spiro atoms. The molecular formula is C20H25N3OS. The van der Waals surface area contributed by atoms with Gasteiger partial charge in [-0.25, -0.2) is 4.98 Å². The second-order valence-corrected chi connectivity index (χ2v) is 7.22. The van der Waals surface area contributed by atoms with Crippen LogP contribution in [0.3, 0.4) is 0 Å². The van der Waals surface area contributed by atoms with E-state index in [9.17, 15) is 0 Å². The Bertz CT molecular complexity index is 734. The van der Waals surface area contributed by atoms with Crippen LogP contribution in [0.25, 0.3) is 12.2 Å². The van der Waals surface area contributed by atoms with Crippen LogP contribution >= 0.6 is 11.3 Å². The van der Waals surface area contributed by atoms with E-state index in [0.717, 1.165) is 54.1 Å². The lowest BCUT2D eigenvalue weighted by Crippen LogP contribution is -2.47. The molecule has 132 valence electrons. The van der Waals surface area contributed by atoms with Gasteiger partial charge in [0.15, 0.2) is 0 Å². The fourth-order valence-electron chi connectivity index (χ4n) is 2.65. The van der Waals surface area contributed by atoms with Crippen molar-refractivity contribution in [3.8, 4) is 5.75 Å². The third-order valence-corrected chi connectivity index (χ3v) is 4.97. The van der Waals surface area contributed by atoms with Crippen LogP contribution in [0.4, 0.5) is 0 Å². The lowest BCUT2D eigenvalue weighted by molar-refractivity contribution is 0.331. The van der Waals surface area contributed by atoms with E-state index in [4.69, 9.17) is 4.74 Å². The van der Waals surface area contributed by atoms with Gasteiger partial charge in [-0.05, 0) is 42.2 Å². The Labute approximate surface area is 153 Å². The molecule has 4 nitrogen and oxygen atoms in total. The van der Waals surface area contributed by atoms with Crippen LogP contribution in [0.15, 0.2) is 36.2 Å². The number of ether oxygens (including phenoxy) is 1. The fourth-order valence-corrected chi connectivity index (χ4v) is 3.34. The summed E-state index contributed by atoms with van der Waals surface area (Å²) in [5, 5.41) is 9.93. The number of aryl methyl sites for hydroxylation is 1. The molecule has 3 rings (SSSR count). The van der Waals surface area contributed by atoms with E-state index in [2.05, 4.69) is 57.9 Å². The van der Waals surface area contributed by atoms with Gasteiger partial charge in [0.05, 0.1) is 0 Å². The number of aromatic nitrogens is 1. The molecule has 2 N–H and O–H groups in total. The summed E-state index contributed by atoms with van der Waals surface area (Å²) < 4.78 is 5.75. The highest BCUT2D eigenvalue weighted by atomic mass is 32.1. The first-order valence-corrected chi connectivity index (χ1v) is 9.50. The van der Waals surface area contributed by atoms with Gasteiger partial charge in [0, 0.05) is 37.3 Å². The van der Waals surface area contributed by atoms with Crippen molar-refractivity contribution in [1.82, 2.24) is 15.6 Å². The SMILES string of the molecule is C=CCOc1cc(/C=C/c2nc(C)cs2)cc(CNCC2CNC2)c1. The first-order valence-electron chi connectivity index (χ1n) is 8.62. The number of thiazole rings is 1. The second-order valence-electron chi connectivity index (χ2n) is 6.33. The molecule has 1 fully saturated rings. The van der Waals surface area contributed by atoms with Crippen molar-refractivity contribution >= 4 is 23.5 Å². The Kier molecular flexibility index (Phi) is 6.39. The van der Waals surface area contributed by atoms with Crippen LogP contribution in [0.5, 0.6) is 5.75 Å². The van der Waals surface area contributed by atoms with Crippen molar-refractivity contribution in [1.29, 1.82) is 0 Å². The van der Waals surface area contributed by atoms with Crippen LogP contribution in [0.2, 0.25) is 0 Å². The van der Waals surface area contributed by atoms with Gasteiger partial charge in [0.25, 0.3) is 0 Å². The normalized spacial score (nSPS) is 14.6. The average molecular weight is 356 g/mol. The van der Waals surface area contributed by atoms with E-state index in [1.807, 2.05) is 6.92 Å². The molecule has 1 aliphatic rings. The van der Waals surface area contributed by atoms with Crippen molar-refractivity contribution in [3.05, 3.63) is 58.1 Å². The summed E-state index contributed by atoms with van der Waals surface area (Å²) in [7, 11) is 0. The van der Waals surface area contributed by atoms with Crippen molar-refractivity contribution in [3.63, 3.8) is 0 Å². The number of benzene rings is 1. The molecule has 25 heavy (non-hydrogen) atoms. The van der Waals surface area contributed by atoms with Gasteiger partial charge in [-0.1, -0.05) is 24.8 Å². The van der Waals surface area contributed by atoms with Crippen molar-refractivity contribution in [2.24, 2.45) is 5.92 Å². The van der Waals surface area contributed by atoms with Crippen LogP contribution in [-0.2, 0) is 6.54 Å². The molecule has 0 unspecified atom stereocenters. The highest BCUT2D eigenvalue weighted by Gasteiger charge is 2.15. The summed E-state index contributed by atoms with van der Waals surface area (Å²) in [4.78, 5) is 4.47. The first kappa shape index (κ1) is 17.9. The minimum atomic E-state index is 0.513. The summed E-state index contributed by atoms with van der Waals surface area (Å²) in [6.07, 6.45) is 5.92. The quantitative estimate of drug-likeness (QED) is 0.676. The summed E-state index contributed by atoms with van der Waals surface area (Å²) in [6.45, 7) is 10.4. The minimum Gasteiger partial charge on any atom is -0.490 e. The zero-order chi connectivity index (χ0) is 17.5. The smallest absolute Gasteiger partial charge is 0.120 e. The zero-order valence-corrected chi connectivity index (χ0v) is 15.4. The van der Waals surface area contributed by atoms with Crippen LogP contribution in [0.1, 0.15) is 21.8 Å². The van der Waals surface area contributed by atoms with Crippen molar-refractivity contribution < 1.29 is 4.74 Å².